The number of rotatable bonds is 3. The number of hydrogen-bond acceptors (Lipinski definition) is 5. The van der Waals surface area contributed by atoms with Crippen LogP contribution in [-0.2, 0) is 12.0 Å². The Morgan fingerprint density at radius 2 is 1.83 bits per heavy atom. The Morgan fingerprint density at radius 1 is 1.03 bits per heavy atom. The number of likely N-dealkylation sites (N-methyl/N-ethyl adjacent to an activating group) is 1. The average Bonchev–Trinajstić information content (AvgIpc) is 2.80. The molecule has 1 aromatic carbocycles. The van der Waals surface area contributed by atoms with Crippen LogP contribution in [0.5, 0.6) is 0 Å². The zero-order valence-electron chi connectivity index (χ0n) is 17.2. The number of fused-ring (bicyclic) bond motifs is 2. The molecule has 1 amide bonds. The maximum Gasteiger partial charge on any atom is 0.257 e. The SMILES string of the molecule is CN1CC2(CCN(Cc3cccnc3)CC2)c2nc(-c3ccccc3)ncc2C1=O. The molecule has 0 aliphatic carbocycles. The van der Waals surface area contributed by atoms with Crippen LogP contribution in [0, 0.1) is 0 Å². The van der Waals surface area contributed by atoms with E-state index in [-0.39, 0.29) is 11.3 Å². The molecule has 30 heavy (non-hydrogen) atoms. The summed E-state index contributed by atoms with van der Waals surface area (Å²) in [7, 11) is 1.89. The highest BCUT2D eigenvalue weighted by Gasteiger charge is 2.45. The lowest BCUT2D eigenvalue weighted by Crippen LogP contribution is -2.53. The van der Waals surface area contributed by atoms with Crippen molar-refractivity contribution in [3.05, 3.63) is 77.9 Å². The molecule has 1 fully saturated rings. The van der Waals surface area contributed by atoms with Gasteiger partial charge in [-0.2, -0.15) is 0 Å². The second-order valence-electron chi connectivity index (χ2n) is 8.40. The minimum atomic E-state index is -0.115. The molecule has 0 atom stereocenters. The van der Waals surface area contributed by atoms with Gasteiger partial charge in [-0.1, -0.05) is 36.4 Å². The fourth-order valence-electron chi connectivity index (χ4n) is 4.76. The standard InChI is InChI=1S/C24H25N5O/c1-28-17-24(9-12-29(13-10-24)16-18-6-5-11-25-14-18)21-20(23(28)30)15-26-22(27-21)19-7-3-2-4-8-19/h2-8,11,14-15H,9-10,12-13,16-17H2,1H3. The Labute approximate surface area is 176 Å². The van der Waals surface area contributed by atoms with Crippen molar-refractivity contribution in [1.29, 1.82) is 0 Å². The molecular weight excluding hydrogens is 374 g/mol. The van der Waals surface area contributed by atoms with Crippen LogP contribution >= 0.6 is 0 Å². The molecular formula is C24H25N5O. The van der Waals surface area contributed by atoms with Gasteiger partial charge in [0.1, 0.15) is 0 Å². The molecule has 0 radical (unpaired) electrons. The highest BCUT2D eigenvalue weighted by atomic mass is 16.2. The molecule has 3 aromatic rings. The minimum Gasteiger partial charge on any atom is -0.341 e. The Kier molecular flexibility index (Phi) is 4.79. The fourth-order valence-corrected chi connectivity index (χ4v) is 4.76. The summed E-state index contributed by atoms with van der Waals surface area (Å²) in [6.45, 7) is 3.57. The first kappa shape index (κ1) is 18.9. The van der Waals surface area contributed by atoms with Gasteiger partial charge in [-0.05, 0) is 37.6 Å². The van der Waals surface area contributed by atoms with Gasteiger partial charge in [0.25, 0.3) is 5.91 Å². The molecule has 0 unspecified atom stereocenters. The molecule has 2 aliphatic heterocycles. The largest absolute Gasteiger partial charge is 0.341 e. The first-order valence-electron chi connectivity index (χ1n) is 10.4. The van der Waals surface area contributed by atoms with Gasteiger partial charge >= 0.3 is 0 Å². The van der Waals surface area contributed by atoms with Crippen molar-refractivity contribution in [2.45, 2.75) is 24.8 Å². The first-order valence-corrected chi connectivity index (χ1v) is 10.4. The number of amides is 1. The van der Waals surface area contributed by atoms with Crippen LogP contribution in [0.4, 0.5) is 0 Å². The zero-order chi connectivity index (χ0) is 20.6. The van der Waals surface area contributed by atoms with Gasteiger partial charge in [-0.3, -0.25) is 14.7 Å². The number of piperidine rings is 1. The van der Waals surface area contributed by atoms with Gasteiger partial charge in [-0.15, -0.1) is 0 Å². The van der Waals surface area contributed by atoms with Gasteiger partial charge in [0.15, 0.2) is 5.82 Å². The summed E-state index contributed by atoms with van der Waals surface area (Å²) in [5.41, 5.74) is 3.69. The molecule has 2 aromatic heterocycles. The zero-order valence-corrected chi connectivity index (χ0v) is 17.2. The fraction of sp³-hybridized carbons (Fsp3) is 0.333. The molecule has 2 aliphatic rings. The summed E-state index contributed by atoms with van der Waals surface area (Å²) < 4.78 is 0. The first-order chi connectivity index (χ1) is 14.6. The van der Waals surface area contributed by atoms with Crippen LogP contribution in [0.15, 0.2) is 61.1 Å². The van der Waals surface area contributed by atoms with E-state index in [1.54, 1.807) is 6.20 Å². The van der Waals surface area contributed by atoms with Crippen LogP contribution in [0.1, 0.15) is 34.5 Å². The summed E-state index contributed by atoms with van der Waals surface area (Å²) >= 11 is 0. The van der Waals surface area contributed by atoms with Crippen molar-refractivity contribution >= 4 is 5.91 Å². The summed E-state index contributed by atoms with van der Waals surface area (Å²) in [6, 6.07) is 14.1. The minimum absolute atomic E-state index is 0.0213. The monoisotopic (exact) mass is 399 g/mol. The third kappa shape index (κ3) is 3.37. The molecule has 6 heteroatoms. The van der Waals surface area contributed by atoms with E-state index in [0.717, 1.165) is 43.7 Å². The molecule has 1 saturated heterocycles. The van der Waals surface area contributed by atoms with E-state index in [9.17, 15) is 4.79 Å². The third-order valence-electron chi connectivity index (χ3n) is 6.38. The molecule has 0 N–H and O–H groups in total. The van der Waals surface area contributed by atoms with E-state index in [4.69, 9.17) is 4.98 Å². The molecule has 0 saturated carbocycles. The third-order valence-corrected chi connectivity index (χ3v) is 6.38. The van der Waals surface area contributed by atoms with Gasteiger partial charge in [0, 0.05) is 49.7 Å². The van der Waals surface area contributed by atoms with Crippen molar-refractivity contribution in [3.8, 4) is 11.4 Å². The summed E-state index contributed by atoms with van der Waals surface area (Å²) in [5, 5.41) is 0. The van der Waals surface area contributed by atoms with E-state index in [2.05, 4.69) is 20.9 Å². The predicted octanol–water partition coefficient (Wildman–Crippen LogP) is 3.16. The van der Waals surface area contributed by atoms with Crippen LogP contribution < -0.4 is 0 Å². The Morgan fingerprint density at radius 3 is 2.57 bits per heavy atom. The van der Waals surface area contributed by atoms with Crippen molar-refractivity contribution in [2.24, 2.45) is 0 Å². The second kappa shape index (κ2) is 7.61. The second-order valence-corrected chi connectivity index (χ2v) is 8.40. The van der Waals surface area contributed by atoms with Crippen molar-refractivity contribution < 1.29 is 4.79 Å². The Balaban J connectivity index is 1.45. The van der Waals surface area contributed by atoms with E-state index in [1.165, 1.54) is 5.56 Å². The number of hydrogen-bond donors (Lipinski definition) is 0. The highest BCUT2D eigenvalue weighted by Crippen LogP contribution is 2.41. The number of pyridine rings is 1. The number of carbonyl (C=O) groups is 1. The normalized spacial score (nSPS) is 18.4. The van der Waals surface area contributed by atoms with Crippen molar-refractivity contribution in [3.63, 3.8) is 0 Å². The Bertz CT molecular complexity index is 1050. The smallest absolute Gasteiger partial charge is 0.257 e. The van der Waals surface area contributed by atoms with Crippen LogP contribution in [-0.4, -0.2) is 57.3 Å². The van der Waals surface area contributed by atoms with E-state index < -0.39 is 0 Å². The number of aromatic nitrogens is 3. The molecule has 6 nitrogen and oxygen atoms in total. The van der Waals surface area contributed by atoms with Crippen molar-refractivity contribution in [1.82, 2.24) is 24.8 Å². The summed E-state index contributed by atoms with van der Waals surface area (Å²) in [5.74, 6) is 0.719. The number of benzene rings is 1. The molecule has 152 valence electrons. The topological polar surface area (TPSA) is 62.2 Å². The number of likely N-dealkylation sites (tertiary alicyclic amines) is 1. The van der Waals surface area contributed by atoms with Gasteiger partial charge in [0.2, 0.25) is 0 Å². The maximum absolute atomic E-state index is 12.8. The van der Waals surface area contributed by atoms with E-state index in [0.29, 0.717) is 17.9 Å². The highest BCUT2D eigenvalue weighted by molar-refractivity contribution is 5.96. The maximum atomic E-state index is 12.8. The Hall–Kier alpha value is -3.12. The number of nitrogens with zero attached hydrogens (tertiary/aromatic N) is 5. The van der Waals surface area contributed by atoms with Crippen LogP contribution in [0.2, 0.25) is 0 Å². The molecule has 5 rings (SSSR count). The predicted molar refractivity (Wildman–Crippen MR) is 115 cm³/mol. The number of carbonyl (C=O) groups excluding carboxylic acids is 1. The quantitative estimate of drug-likeness (QED) is 0.677. The van der Waals surface area contributed by atoms with Crippen molar-refractivity contribution in [2.75, 3.05) is 26.7 Å². The lowest BCUT2D eigenvalue weighted by atomic mass is 9.71. The average molecular weight is 399 g/mol. The van der Waals surface area contributed by atoms with Crippen LogP contribution in [0.3, 0.4) is 0 Å². The van der Waals surface area contributed by atoms with Gasteiger partial charge in [-0.25, -0.2) is 9.97 Å². The molecule has 4 heterocycles. The lowest BCUT2D eigenvalue weighted by molar-refractivity contribution is 0.0624. The van der Waals surface area contributed by atoms with E-state index in [1.807, 2.05) is 60.7 Å². The van der Waals surface area contributed by atoms with E-state index >= 15 is 0 Å². The van der Waals surface area contributed by atoms with Crippen LogP contribution in [0.25, 0.3) is 11.4 Å². The lowest BCUT2D eigenvalue weighted by Gasteiger charge is -2.46. The van der Waals surface area contributed by atoms with Gasteiger partial charge in [0.05, 0.1) is 11.3 Å². The summed E-state index contributed by atoms with van der Waals surface area (Å²) in [4.78, 5) is 30.9. The molecule has 1 spiro atoms. The van der Waals surface area contributed by atoms with Gasteiger partial charge < -0.3 is 4.90 Å². The summed E-state index contributed by atoms with van der Waals surface area (Å²) in [6.07, 6.45) is 7.43. The molecule has 0 bridgehead atoms.